The first-order valence-electron chi connectivity index (χ1n) is 7.95. The van der Waals surface area contributed by atoms with E-state index in [1.165, 1.54) is 5.56 Å². The molecule has 0 aliphatic heterocycles. The Balaban J connectivity index is 1.86. The van der Waals surface area contributed by atoms with E-state index < -0.39 is 0 Å². The van der Waals surface area contributed by atoms with Crippen LogP contribution in [0.1, 0.15) is 25.8 Å². The van der Waals surface area contributed by atoms with E-state index in [9.17, 15) is 4.79 Å². The molecule has 23 heavy (non-hydrogen) atoms. The van der Waals surface area contributed by atoms with Crippen LogP contribution in [0.15, 0.2) is 48.5 Å². The molecule has 1 amide bonds. The van der Waals surface area contributed by atoms with E-state index in [4.69, 9.17) is 9.47 Å². The second-order valence-corrected chi connectivity index (χ2v) is 5.21. The molecule has 122 valence electrons. The van der Waals surface area contributed by atoms with Gasteiger partial charge in [-0.2, -0.15) is 0 Å². The van der Waals surface area contributed by atoms with Crippen LogP contribution in [0, 0.1) is 0 Å². The second-order valence-electron chi connectivity index (χ2n) is 5.21. The number of amides is 1. The van der Waals surface area contributed by atoms with Crippen molar-refractivity contribution in [3.05, 3.63) is 54.1 Å². The van der Waals surface area contributed by atoms with E-state index in [1.807, 2.05) is 48.5 Å². The molecule has 2 aromatic rings. The Morgan fingerprint density at radius 1 is 1.00 bits per heavy atom. The van der Waals surface area contributed by atoms with Gasteiger partial charge in [0, 0.05) is 11.8 Å². The van der Waals surface area contributed by atoms with Gasteiger partial charge in [-0.15, -0.1) is 0 Å². The first-order valence-corrected chi connectivity index (χ1v) is 7.95. The molecule has 0 aromatic heterocycles. The molecule has 0 saturated heterocycles. The van der Waals surface area contributed by atoms with Gasteiger partial charge in [0.25, 0.3) is 5.91 Å². The Hall–Kier alpha value is -2.49. The van der Waals surface area contributed by atoms with Crippen LogP contribution in [0.2, 0.25) is 0 Å². The summed E-state index contributed by atoms with van der Waals surface area (Å²) >= 11 is 0. The summed E-state index contributed by atoms with van der Waals surface area (Å²) in [4.78, 5) is 12.0. The van der Waals surface area contributed by atoms with Gasteiger partial charge in [0.2, 0.25) is 0 Å². The zero-order chi connectivity index (χ0) is 16.5. The fraction of sp³-hybridized carbons (Fsp3) is 0.316. The number of aryl methyl sites for hydroxylation is 1. The zero-order valence-electron chi connectivity index (χ0n) is 13.7. The lowest BCUT2D eigenvalue weighted by atomic mass is 10.2. The SMILES string of the molecule is CCCOc1cccc(NC(=O)COc2cccc(CC)c2)c1. The molecule has 4 nitrogen and oxygen atoms in total. The van der Waals surface area contributed by atoms with E-state index in [2.05, 4.69) is 19.2 Å². The Bertz CT molecular complexity index is 640. The van der Waals surface area contributed by atoms with Crippen molar-refractivity contribution in [2.45, 2.75) is 26.7 Å². The molecule has 0 spiro atoms. The number of carbonyl (C=O) groups is 1. The van der Waals surface area contributed by atoms with Gasteiger partial charge in [-0.05, 0) is 42.7 Å². The second kappa shape index (κ2) is 8.83. The molecule has 0 unspecified atom stereocenters. The molecule has 2 aromatic carbocycles. The molecule has 2 rings (SSSR count). The zero-order valence-corrected chi connectivity index (χ0v) is 13.7. The van der Waals surface area contributed by atoms with Crippen LogP contribution in [0.25, 0.3) is 0 Å². The minimum atomic E-state index is -0.195. The van der Waals surface area contributed by atoms with Crippen molar-refractivity contribution in [1.82, 2.24) is 0 Å². The topological polar surface area (TPSA) is 47.6 Å². The van der Waals surface area contributed by atoms with E-state index in [1.54, 1.807) is 0 Å². The number of anilines is 1. The molecule has 4 heteroatoms. The lowest BCUT2D eigenvalue weighted by Gasteiger charge is -2.10. The smallest absolute Gasteiger partial charge is 0.262 e. The third-order valence-corrected chi connectivity index (χ3v) is 3.27. The molecule has 0 bridgehead atoms. The van der Waals surface area contributed by atoms with Crippen molar-refractivity contribution >= 4 is 11.6 Å². The minimum absolute atomic E-state index is 0.0206. The van der Waals surface area contributed by atoms with Crippen LogP contribution >= 0.6 is 0 Å². The molecular formula is C19H23NO3. The van der Waals surface area contributed by atoms with Gasteiger partial charge < -0.3 is 14.8 Å². The van der Waals surface area contributed by atoms with Gasteiger partial charge in [-0.25, -0.2) is 0 Å². The van der Waals surface area contributed by atoms with Gasteiger partial charge in [0.15, 0.2) is 6.61 Å². The van der Waals surface area contributed by atoms with Crippen molar-refractivity contribution < 1.29 is 14.3 Å². The molecule has 0 heterocycles. The first kappa shape index (κ1) is 16.9. The normalized spacial score (nSPS) is 10.2. The van der Waals surface area contributed by atoms with Gasteiger partial charge in [0.1, 0.15) is 11.5 Å². The van der Waals surface area contributed by atoms with Crippen molar-refractivity contribution in [1.29, 1.82) is 0 Å². The highest BCUT2D eigenvalue weighted by molar-refractivity contribution is 5.92. The molecule has 0 aliphatic carbocycles. The van der Waals surface area contributed by atoms with Crippen LogP contribution in [0.5, 0.6) is 11.5 Å². The average molecular weight is 313 g/mol. The van der Waals surface area contributed by atoms with Crippen LogP contribution < -0.4 is 14.8 Å². The van der Waals surface area contributed by atoms with E-state index in [-0.39, 0.29) is 12.5 Å². The number of hydrogen-bond acceptors (Lipinski definition) is 3. The van der Waals surface area contributed by atoms with Crippen molar-refractivity contribution in [3.8, 4) is 11.5 Å². The predicted octanol–water partition coefficient (Wildman–Crippen LogP) is 4.06. The van der Waals surface area contributed by atoms with Crippen LogP contribution in [0.4, 0.5) is 5.69 Å². The van der Waals surface area contributed by atoms with Crippen molar-refractivity contribution in [2.24, 2.45) is 0 Å². The fourth-order valence-electron chi connectivity index (χ4n) is 2.08. The monoisotopic (exact) mass is 313 g/mol. The van der Waals surface area contributed by atoms with E-state index in [0.29, 0.717) is 18.0 Å². The summed E-state index contributed by atoms with van der Waals surface area (Å²) in [5.41, 5.74) is 1.89. The standard InChI is InChI=1S/C19H23NO3/c1-3-11-22-18-10-6-8-16(13-18)20-19(21)14-23-17-9-5-7-15(4-2)12-17/h5-10,12-13H,3-4,11,14H2,1-2H3,(H,20,21). The lowest BCUT2D eigenvalue weighted by Crippen LogP contribution is -2.20. The highest BCUT2D eigenvalue weighted by atomic mass is 16.5. The molecule has 0 aliphatic rings. The summed E-state index contributed by atoms with van der Waals surface area (Å²) < 4.78 is 11.1. The summed E-state index contributed by atoms with van der Waals surface area (Å²) in [6.45, 7) is 4.78. The lowest BCUT2D eigenvalue weighted by molar-refractivity contribution is -0.118. The quantitative estimate of drug-likeness (QED) is 0.799. The molecular weight excluding hydrogens is 290 g/mol. The number of carbonyl (C=O) groups excluding carboxylic acids is 1. The van der Waals surface area contributed by atoms with E-state index >= 15 is 0 Å². The summed E-state index contributed by atoms with van der Waals surface area (Å²) in [5.74, 6) is 1.26. The average Bonchev–Trinajstić information content (AvgIpc) is 2.58. The summed E-state index contributed by atoms with van der Waals surface area (Å²) in [6.07, 6.45) is 1.88. The highest BCUT2D eigenvalue weighted by Crippen LogP contribution is 2.18. The molecule has 0 atom stereocenters. The Morgan fingerprint density at radius 2 is 1.74 bits per heavy atom. The maximum atomic E-state index is 12.0. The van der Waals surface area contributed by atoms with Crippen molar-refractivity contribution in [2.75, 3.05) is 18.5 Å². The minimum Gasteiger partial charge on any atom is -0.494 e. The van der Waals surface area contributed by atoms with Crippen LogP contribution in [-0.4, -0.2) is 19.1 Å². The Morgan fingerprint density at radius 3 is 2.48 bits per heavy atom. The molecule has 0 fully saturated rings. The molecule has 1 N–H and O–H groups in total. The van der Waals surface area contributed by atoms with Crippen molar-refractivity contribution in [3.63, 3.8) is 0 Å². The fourth-order valence-corrected chi connectivity index (χ4v) is 2.08. The number of ether oxygens (including phenoxy) is 2. The third kappa shape index (κ3) is 5.66. The van der Waals surface area contributed by atoms with Gasteiger partial charge >= 0.3 is 0 Å². The molecule has 0 radical (unpaired) electrons. The Kier molecular flexibility index (Phi) is 6.48. The van der Waals surface area contributed by atoms with Gasteiger partial charge in [-0.1, -0.05) is 32.0 Å². The summed E-state index contributed by atoms with van der Waals surface area (Å²) in [7, 11) is 0. The van der Waals surface area contributed by atoms with E-state index in [0.717, 1.165) is 18.6 Å². The number of nitrogens with one attached hydrogen (secondary N) is 1. The van der Waals surface area contributed by atoms with Gasteiger partial charge in [0.05, 0.1) is 6.61 Å². The Labute approximate surface area is 137 Å². The number of hydrogen-bond donors (Lipinski definition) is 1. The summed E-state index contributed by atoms with van der Waals surface area (Å²) in [6, 6.07) is 15.1. The number of rotatable bonds is 8. The van der Waals surface area contributed by atoms with Crippen LogP contribution in [0.3, 0.4) is 0 Å². The third-order valence-electron chi connectivity index (χ3n) is 3.27. The van der Waals surface area contributed by atoms with Gasteiger partial charge in [-0.3, -0.25) is 4.79 Å². The van der Waals surface area contributed by atoms with Crippen LogP contribution in [-0.2, 0) is 11.2 Å². The molecule has 0 saturated carbocycles. The number of benzene rings is 2. The largest absolute Gasteiger partial charge is 0.494 e. The maximum absolute atomic E-state index is 12.0. The predicted molar refractivity (Wildman–Crippen MR) is 92.2 cm³/mol. The first-order chi connectivity index (χ1) is 11.2. The highest BCUT2D eigenvalue weighted by Gasteiger charge is 2.05. The summed E-state index contributed by atoms with van der Waals surface area (Å²) in [5, 5.41) is 2.81. The maximum Gasteiger partial charge on any atom is 0.262 e.